The number of hydrogen-bond acceptors (Lipinski definition) is 7. The molecule has 1 aliphatic heterocycles. The maximum atomic E-state index is 12.7. The first kappa shape index (κ1) is 22.1. The van der Waals surface area contributed by atoms with Gasteiger partial charge in [0.2, 0.25) is 0 Å². The van der Waals surface area contributed by atoms with Crippen LogP contribution >= 0.6 is 0 Å². The van der Waals surface area contributed by atoms with Crippen molar-refractivity contribution in [2.24, 2.45) is 28.6 Å². The molecule has 0 amide bonds. The van der Waals surface area contributed by atoms with Crippen LogP contribution < -0.4 is 0 Å². The van der Waals surface area contributed by atoms with Crippen LogP contribution in [0, 0.1) is 28.6 Å². The number of hydrogen-bond donors (Lipinski definition) is 2. The van der Waals surface area contributed by atoms with Crippen LogP contribution in [0.15, 0.2) is 11.6 Å². The van der Waals surface area contributed by atoms with Gasteiger partial charge in [0.25, 0.3) is 0 Å². The van der Waals surface area contributed by atoms with Gasteiger partial charge in [0.1, 0.15) is 19.0 Å². The first-order valence-electron chi connectivity index (χ1n) is 12.0. The lowest BCUT2D eigenvalue weighted by Crippen LogP contribution is -2.68. The molecule has 0 spiro atoms. The smallest absolute Gasteiger partial charge is 0.331 e. The molecule has 0 saturated heterocycles. The van der Waals surface area contributed by atoms with E-state index >= 15 is 0 Å². The van der Waals surface area contributed by atoms with E-state index in [0.29, 0.717) is 38.7 Å². The third kappa shape index (κ3) is 2.89. The molecule has 4 saturated carbocycles. The minimum atomic E-state index is -1.22. The van der Waals surface area contributed by atoms with Gasteiger partial charge >= 0.3 is 11.9 Å². The molecule has 32 heavy (non-hydrogen) atoms. The highest BCUT2D eigenvalue weighted by Gasteiger charge is 2.70. The summed E-state index contributed by atoms with van der Waals surface area (Å²) in [5, 5.41) is 23.9. The predicted octanol–water partition coefficient (Wildman–Crippen LogP) is 2.47. The van der Waals surface area contributed by atoms with Crippen molar-refractivity contribution in [2.45, 2.75) is 88.9 Å². The zero-order valence-corrected chi connectivity index (χ0v) is 19.0. The molecule has 4 aliphatic carbocycles. The van der Waals surface area contributed by atoms with Gasteiger partial charge in [-0.2, -0.15) is 0 Å². The molecule has 8 atom stereocenters. The van der Waals surface area contributed by atoms with Gasteiger partial charge < -0.3 is 24.5 Å². The summed E-state index contributed by atoms with van der Waals surface area (Å²) in [4.78, 5) is 35.8. The molecule has 7 nitrogen and oxygen atoms in total. The largest absolute Gasteiger partial charge is 0.462 e. The lowest BCUT2D eigenvalue weighted by atomic mass is 9.42. The summed E-state index contributed by atoms with van der Waals surface area (Å²) < 4.78 is 10.5. The summed E-state index contributed by atoms with van der Waals surface area (Å²) in [7, 11) is 0. The number of rotatable bonds is 3. The Kier molecular flexibility index (Phi) is 4.92. The fourth-order valence-electron chi connectivity index (χ4n) is 8.44. The van der Waals surface area contributed by atoms with E-state index in [-0.39, 0.29) is 47.6 Å². The molecular weight excluding hydrogens is 412 g/mol. The lowest BCUT2D eigenvalue weighted by molar-refractivity contribution is -0.247. The van der Waals surface area contributed by atoms with Crippen molar-refractivity contribution in [1.82, 2.24) is 0 Å². The number of fused-ring (bicyclic) bond motifs is 5. The Bertz CT molecular complexity index is 882. The summed E-state index contributed by atoms with van der Waals surface area (Å²) in [6.07, 6.45) is 7.44. The molecule has 176 valence electrons. The number of ether oxygens (including phenoxy) is 2. The molecule has 7 heteroatoms. The van der Waals surface area contributed by atoms with Crippen molar-refractivity contribution in [3.63, 3.8) is 0 Å². The number of aliphatic hydroxyl groups is 2. The lowest BCUT2D eigenvalue weighted by Gasteiger charge is -2.64. The van der Waals surface area contributed by atoms with Gasteiger partial charge in [-0.3, -0.25) is 4.79 Å². The van der Waals surface area contributed by atoms with Gasteiger partial charge in [-0.1, -0.05) is 6.92 Å². The Morgan fingerprint density at radius 2 is 1.88 bits per heavy atom. The number of esters is 2. The summed E-state index contributed by atoms with van der Waals surface area (Å²) in [6, 6.07) is 0. The van der Waals surface area contributed by atoms with Crippen LogP contribution in [0.4, 0.5) is 0 Å². The highest BCUT2D eigenvalue weighted by molar-refractivity contribution is 5.85. The predicted molar refractivity (Wildman–Crippen MR) is 113 cm³/mol. The molecule has 0 bridgehead atoms. The molecule has 0 aromatic heterocycles. The molecule has 1 heterocycles. The zero-order valence-electron chi connectivity index (χ0n) is 19.0. The van der Waals surface area contributed by atoms with Crippen LogP contribution in [0.3, 0.4) is 0 Å². The van der Waals surface area contributed by atoms with Gasteiger partial charge in [-0.15, -0.1) is 0 Å². The van der Waals surface area contributed by atoms with Crippen LogP contribution in [-0.2, 0) is 23.9 Å². The second kappa shape index (κ2) is 7.13. The van der Waals surface area contributed by atoms with E-state index in [1.807, 2.05) is 0 Å². The van der Waals surface area contributed by atoms with Crippen molar-refractivity contribution in [3.05, 3.63) is 11.6 Å². The first-order chi connectivity index (χ1) is 15.1. The summed E-state index contributed by atoms with van der Waals surface area (Å²) in [5.74, 6) is -0.765. The monoisotopic (exact) mass is 446 g/mol. The second-order valence-electron chi connectivity index (χ2n) is 11.4. The van der Waals surface area contributed by atoms with Crippen LogP contribution in [0.5, 0.6) is 0 Å². The quantitative estimate of drug-likeness (QED) is 0.506. The van der Waals surface area contributed by atoms with E-state index in [2.05, 4.69) is 6.92 Å². The fourth-order valence-corrected chi connectivity index (χ4v) is 8.44. The van der Waals surface area contributed by atoms with Crippen LogP contribution in [0.1, 0.15) is 71.6 Å². The van der Waals surface area contributed by atoms with Crippen molar-refractivity contribution in [2.75, 3.05) is 6.61 Å². The van der Waals surface area contributed by atoms with Crippen molar-refractivity contribution in [1.29, 1.82) is 0 Å². The fraction of sp³-hybridized carbons (Fsp3) is 0.800. The molecule has 0 unspecified atom stereocenters. The Morgan fingerprint density at radius 3 is 2.53 bits per heavy atom. The molecule has 0 aromatic carbocycles. The minimum absolute atomic E-state index is 0.0828. The van der Waals surface area contributed by atoms with E-state index in [4.69, 9.17) is 9.47 Å². The third-order valence-electron chi connectivity index (χ3n) is 10.00. The Labute approximate surface area is 188 Å². The summed E-state index contributed by atoms with van der Waals surface area (Å²) in [6.45, 7) is 3.82. The Balaban J connectivity index is 1.45. The van der Waals surface area contributed by atoms with E-state index in [1.165, 1.54) is 6.92 Å². The Morgan fingerprint density at radius 1 is 1.12 bits per heavy atom. The number of carbonyl (C=O) groups excluding carboxylic acids is 3. The Hall–Kier alpha value is -1.73. The van der Waals surface area contributed by atoms with Gasteiger partial charge in [0.15, 0.2) is 0 Å². The van der Waals surface area contributed by atoms with E-state index < -0.39 is 16.6 Å². The van der Waals surface area contributed by atoms with Crippen LogP contribution in [0.25, 0.3) is 0 Å². The van der Waals surface area contributed by atoms with Crippen molar-refractivity contribution < 1.29 is 34.1 Å². The molecule has 0 aromatic rings. The van der Waals surface area contributed by atoms with E-state index in [0.717, 1.165) is 31.1 Å². The number of carbonyl (C=O) groups is 3. The van der Waals surface area contributed by atoms with Crippen LogP contribution in [-0.4, -0.2) is 52.4 Å². The number of aldehydes is 1. The number of cyclic esters (lactones) is 1. The van der Waals surface area contributed by atoms with Gasteiger partial charge in [-0.25, -0.2) is 4.79 Å². The first-order valence-corrected chi connectivity index (χ1v) is 12.0. The van der Waals surface area contributed by atoms with Gasteiger partial charge in [0.05, 0.1) is 16.6 Å². The maximum Gasteiger partial charge on any atom is 0.331 e. The highest BCUT2D eigenvalue weighted by Crippen LogP contribution is 2.69. The zero-order chi connectivity index (χ0) is 22.9. The van der Waals surface area contributed by atoms with E-state index in [1.54, 1.807) is 6.08 Å². The normalized spacial score (nSPS) is 49.9. The summed E-state index contributed by atoms with van der Waals surface area (Å²) in [5.41, 5.74) is -2.41. The average Bonchev–Trinajstić information content (AvgIpc) is 3.27. The highest BCUT2D eigenvalue weighted by atomic mass is 16.5. The maximum absolute atomic E-state index is 12.7. The average molecular weight is 447 g/mol. The second-order valence-corrected chi connectivity index (χ2v) is 11.4. The molecular formula is C25H34O7. The van der Waals surface area contributed by atoms with Gasteiger partial charge in [-0.05, 0) is 80.1 Å². The van der Waals surface area contributed by atoms with Crippen LogP contribution in [0.2, 0.25) is 0 Å². The summed E-state index contributed by atoms with van der Waals surface area (Å²) >= 11 is 0. The molecule has 5 rings (SSSR count). The molecule has 2 N–H and O–H groups in total. The van der Waals surface area contributed by atoms with Crippen molar-refractivity contribution in [3.8, 4) is 0 Å². The minimum Gasteiger partial charge on any atom is -0.462 e. The standard InChI is InChI=1S/C25H34O7/c1-15(27)32-18-3-7-23(14-26)19-4-6-22(2)10-17(16-9-21(28)31-13-16)11-25(22,30)20(19)5-8-24(23,29)12-18/h9,14,17-20,29-30H,3-8,10-13H2,1-2H3/t17-,18-,19+,20-,22-,23+,24-,25-/m1/s1. The van der Waals surface area contributed by atoms with Crippen molar-refractivity contribution >= 4 is 18.2 Å². The molecule has 4 fully saturated rings. The molecule has 0 radical (unpaired) electrons. The van der Waals surface area contributed by atoms with E-state index in [9.17, 15) is 24.6 Å². The third-order valence-corrected chi connectivity index (χ3v) is 10.00. The SMILES string of the molecule is CC(=O)O[C@@H]1CC[C@]2(C=O)[C@H]3CC[C@]4(C)C[C@@H](C5=CC(=O)OC5)C[C@@]4(O)[C@@H]3CC[C@@]2(O)C1. The van der Waals surface area contributed by atoms with Gasteiger partial charge in [0, 0.05) is 19.4 Å². The topological polar surface area (TPSA) is 110 Å². The molecule has 5 aliphatic rings.